The fourth-order valence-electron chi connectivity index (χ4n) is 2.74. The van der Waals surface area contributed by atoms with E-state index in [2.05, 4.69) is 5.32 Å². The van der Waals surface area contributed by atoms with E-state index in [1.807, 2.05) is 63.2 Å². The van der Waals surface area contributed by atoms with Crippen molar-refractivity contribution in [2.45, 2.75) is 20.8 Å². The molecule has 0 aliphatic rings. The van der Waals surface area contributed by atoms with E-state index in [1.54, 1.807) is 0 Å². The molecule has 0 heterocycles. The van der Waals surface area contributed by atoms with Crippen LogP contribution in [0.25, 0.3) is 0 Å². The molecule has 0 atom stereocenters. The summed E-state index contributed by atoms with van der Waals surface area (Å²) < 4.78 is 31.2. The maximum absolute atomic E-state index is 12.3. The van der Waals surface area contributed by atoms with Crippen LogP contribution in [0, 0.1) is 20.8 Å². The van der Waals surface area contributed by atoms with Crippen LogP contribution in [-0.2, 0) is 14.8 Å². The molecular weight excluding hydrogens is 364 g/mol. The van der Waals surface area contributed by atoms with Crippen molar-refractivity contribution in [3.05, 3.63) is 59.2 Å². The molecular formula is C20H26N2O4S. The zero-order valence-corrected chi connectivity index (χ0v) is 17.0. The Bertz CT molecular complexity index is 872. The Kier molecular flexibility index (Phi) is 6.85. The third-order valence-corrected chi connectivity index (χ3v) is 5.20. The second kappa shape index (κ2) is 8.90. The molecule has 0 bridgehead atoms. The molecule has 2 aromatic rings. The smallest absolute Gasteiger partial charge is 0.240 e. The number of nitrogens with zero attached hydrogens (tertiary/aromatic N) is 1. The summed E-state index contributed by atoms with van der Waals surface area (Å²) in [5.74, 6) is 0.346. The number of rotatable bonds is 8. The molecule has 27 heavy (non-hydrogen) atoms. The van der Waals surface area contributed by atoms with Gasteiger partial charge in [-0.15, -0.1) is 0 Å². The number of hydrogen-bond acceptors (Lipinski definition) is 4. The predicted octanol–water partition coefficient (Wildman–Crippen LogP) is 2.57. The van der Waals surface area contributed by atoms with Crippen molar-refractivity contribution >= 4 is 21.6 Å². The molecule has 6 nitrogen and oxygen atoms in total. The van der Waals surface area contributed by atoms with Crippen molar-refractivity contribution in [3.8, 4) is 5.75 Å². The van der Waals surface area contributed by atoms with Gasteiger partial charge in [0, 0.05) is 0 Å². The highest BCUT2D eigenvalue weighted by Gasteiger charge is 2.23. The second-order valence-electron chi connectivity index (χ2n) is 6.52. The summed E-state index contributed by atoms with van der Waals surface area (Å²) in [6.07, 6.45) is 1.10. The molecule has 2 rings (SSSR count). The molecule has 1 amide bonds. The fraction of sp³-hybridized carbons (Fsp3) is 0.350. The molecule has 0 fully saturated rings. The molecule has 0 saturated carbocycles. The summed E-state index contributed by atoms with van der Waals surface area (Å²) in [6, 6.07) is 13.1. The quantitative estimate of drug-likeness (QED) is 0.703. The van der Waals surface area contributed by atoms with Crippen molar-refractivity contribution in [3.63, 3.8) is 0 Å². The third-order valence-electron chi connectivity index (χ3n) is 4.09. The highest BCUT2D eigenvalue weighted by atomic mass is 32.2. The van der Waals surface area contributed by atoms with Crippen LogP contribution in [0.1, 0.15) is 16.7 Å². The number of para-hydroxylation sites is 1. The normalized spacial score (nSPS) is 11.1. The van der Waals surface area contributed by atoms with Crippen LogP contribution in [0.3, 0.4) is 0 Å². The van der Waals surface area contributed by atoms with Crippen LogP contribution < -0.4 is 14.4 Å². The molecule has 0 unspecified atom stereocenters. The van der Waals surface area contributed by atoms with Gasteiger partial charge in [0.1, 0.15) is 18.9 Å². The van der Waals surface area contributed by atoms with Gasteiger partial charge in [0.05, 0.1) is 18.5 Å². The van der Waals surface area contributed by atoms with E-state index in [1.165, 1.54) is 0 Å². The van der Waals surface area contributed by atoms with Gasteiger partial charge in [-0.2, -0.15) is 0 Å². The first-order valence-corrected chi connectivity index (χ1v) is 10.5. The Morgan fingerprint density at radius 3 is 2.19 bits per heavy atom. The second-order valence-corrected chi connectivity index (χ2v) is 8.43. The van der Waals surface area contributed by atoms with Crippen LogP contribution in [0.4, 0.5) is 5.69 Å². The molecule has 146 valence electrons. The van der Waals surface area contributed by atoms with Gasteiger partial charge in [-0.3, -0.25) is 9.10 Å². The Hall–Kier alpha value is -2.54. The average Bonchev–Trinajstić information content (AvgIpc) is 2.58. The summed E-state index contributed by atoms with van der Waals surface area (Å²) in [5.41, 5.74) is 3.29. The van der Waals surface area contributed by atoms with Crippen molar-refractivity contribution in [1.82, 2.24) is 5.32 Å². The zero-order chi connectivity index (χ0) is 20.0. The maximum Gasteiger partial charge on any atom is 0.240 e. The molecule has 7 heteroatoms. The number of nitrogens with one attached hydrogen (secondary N) is 1. The minimum Gasteiger partial charge on any atom is -0.492 e. The van der Waals surface area contributed by atoms with E-state index in [4.69, 9.17) is 4.74 Å². The molecule has 0 saturated heterocycles. The molecule has 1 N–H and O–H groups in total. The summed E-state index contributed by atoms with van der Waals surface area (Å²) in [6.45, 7) is 5.97. The lowest BCUT2D eigenvalue weighted by Gasteiger charge is -2.25. The van der Waals surface area contributed by atoms with Gasteiger partial charge in [0.15, 0.2) is 0 Å². The van der Waals surface area contributed by atoms with Gasteiger partial charge < -0.3 is 10.1 Å². The Morgan fingerprint density at radius 1 is 1.04 bits per heavy atom. The lowest BCUT2D eigenvalue weighted by Crippen LogP contribution is -2.42. The molecule has 0 radical (unpaired) electrons. The van der Waals surface area contributed by atoms with E-state index in [0.29, 0.717) is 12.3 Å². The number of ether oxygens (including phenoxy) is 1. The lowest BCUT2D eigenvalue weighted by molar-refractivity contribution is -0.119. The fourth-order valence-corrected chi connectivity index (χ4v) is 3.71. The van der Waals surface area contributed by atoms with E-state index in [0.717, 1.165) is 33.0 Å². The van der Waals surface area contributed by atoms with Gasteiger partial charge in [-0.25, -0.2) is 8.42 Å². The van der Waals surface area contributed by atoms with Crippen LogP contribution in [0.5, 0.6) is 5.75 Å². The first kappa shape index (κ1) is 20.8. The zero-order valence-electron chi connectivity index (χ0n) is 16.2. The molecule has 0 aliphatic carbocycles. The lowest BCUT2D eigenvalue weighted by atomic mass is 10.1. The number of benzene rings is 2. The average molecular weight is 391 g/mol. The minimum atomic E-state index is -3.59. The predicted molar refractivity (Wildman–Crippen MR) is 108 cm³/mol. The topological polar surface area (TPSA) is 75.7 Å². The number of sulfonamides is 1. The largest absolute Gasteiger partial charge is 0.492 e. The minimum absolute atomic E-state index is 0.269. The van der Waals surface area contributed by atoms with Crippen molar-refractivity contribution in [2.24, 2.45) is 0 Å². The van der Waals surface area contributed by atoms with E-state index in [-0.39, 0.29) is 19.0 Å². The van der Waals surface area contributed by atoms with Gasteiger partial charge in [0.2, 0.25) is 15.9 Å². The SMILES string of the molecule is Cc1ccc(OCCNC(=O)CN(c2c(C)cccc2C)S(C)(=O)=O)cc1. The summed E-state index contributed by atoms with van der Waals surface area (Å²) in [5, 5.41) is 2.71. The van der Waals surface area contributed by atoms with Crippen LogP contribution >= 0.6 is 0 Å². The van der Waals surface area contributed by atoms with E-state index in [9.17, 15) is 13.2 Å². The molecule has 0 spiro atoms. The van der Waals surface area contributed by atoms with E-state index < -0.39 is 10.0 Å². The highest BCUT2D eigenvalue weighted by Crippen LogP contribution is 2.26. The van der Waals surface area contributed by atoms with Crippen molar-refractivity contribution < 1.29 is 17.9 Å². The first-order chi connectivity index (χ1) is 12.7. The monoisotopic (exact) mass is 390 g/mol. The number of carbonyl (C=O) groups excluding carboxylic acids is 1. The number of hydrogen-bond donors (Lipinski definition) is 1. The molecule has 0 aromatic heterocycles. The van der Waals surface area contributed by atoms with Crippen molar-refractivity contribution in [1.29, 1.82) is 0 Å². The van der Waals surface area contributed by atoms with Crippen LogP contribution in [-0.4, -0.2) is 40.3 Å². The van der Waals surface area contributed by atoms with Crippen molar-refractivity contribution in [2.75, 3.05) is 30.3 Å². The van der Waals surface area contributed by atoms with Gasteiger partial charge in [-0.05, 0) is 44.0 Å². The molecule has 0 aliphatic heterocycles. The number of anilines is 1. The highest BCUT2D eigenvalue weighted by molar-refractivity contribution is 7.92. The number of aryl methyl sites for hydroxylation is 3. The number of amides is 1. The first-order valence-electron chi connectivity index (χ1n) is 8.68. The Morgan fingerprint density at radius 2 is 1.63 bits per heavy atom. The summed E-state index contributed by atoms with van der Waals surface area (Å²) in [7, 11) is -3.59. The van der Waals surface area contributed by atoms with Gasteiger partial charge >= 0.3 is 0 Å². The van der Waals surface area contributed by atoms with Gasteiger partial charge in [0.25, 0.3) is 0 Å². The van der Waals surface area contributed by atoms with Crippen LogP contribution in [0.15, 0.2) is 42.5 Å². The summed E-state index contributed by atoms with van der Waals surface area (Å²) in [4.78, 5) is 12.3. The van der Waals surface area contributed by atoms with Crippen LogP contribution in [0.2, 0.25) is 0 Å². The standard InChI is InChI=1S/C20H26N2O4S/c1-15-8-10-18(11-9-15)26-13-12-21-19(23)14-22(27(4,24)25)20-16(2)6-5-7-17(20)3/h5-11H,12-14H2,1-4H3,(H,21,23). The third kappa shape index (κ3) is 5.99. The molecule has 2 aromatic carbocycles. The van der Waals surface area contributed by atoms with Gasteiger partial charge in [-0.1, -0.05) is 35.9 Å². The Balaban J connectivity index is 1.95. The number of carbonyl (C=O) groups is 1. The maximum atomic E-state index is 12.3. The van der Waals surface area contributed by atoms with E-state index >= 15 is 0 Å². The Labute approximate surface area is 161 Å². The summed E-state index contributed by atoms with van der Waals surface area (Å²) >= 11 is 0.